The molecule has 84 valence electrons. The summed E-state index contributed by atoms with van der Waals surface area (Å²) in [5, 5.41) is 8.84. The van der Waals surface area contributed by atoms with Gasteiger partial charge in [-0.05, 0) is 12.5 Å². The molecule has 1 saturated heterocycles. The van der Waals surface area contributed by atoms with Crippen molar-refractivity contribution in [3.8, 4) is 6.19 Å². The van der Waals surface area contributed by atoms with Gasteiger partial charge in [0.05, 0.1) is 0 Å². The van der Waals surface area contributed by atoms with E-state index in [2.05, 4.69) is 42.3 Å². The van der Waals surface area contributed by atoms with Crippen LogP contribution < -0.4 is 0 Å². The van der Waals surface area contributed by atoms with Crippen molar-refractivity contribution in [1.29, 1.82) is 5.26 Å². The van der Waals surface area contributed by atoms with Crippen molar-refractivity contribution in [3.05, 3.63) is 35.9 Å². The van der Waals surface area contributed by atoms with Gasteiger partial charge in [0.15, 0.2) is 6.19 Å². The summed E-state index contributed by atoms with van der Waals surface area (Å²) < 4.78 is 0. The van der Waals surface area contributed by atoms with Gasteiger partial charge in [-0.2, -0.15) is 5.26 Å². The normalized spacial score (nSPS) is 21.8. The molecule has 1 aromatic carbocycles. The zero-order valence-electron chi connectivity index (χ0n) is 9.63. The minimum absolute atomic E-state index is 0.452. The van der Waals surface area contributed by atoms with Crippen LogP contribution in [0.5, 0.6) is 0 Å². The second-order valence-corrected chi connectivity index (χ2v) is 4.35. The molecular weight excluding hydrogens is 198 g/mol. The van der Waals surface area contributed by atoms with E-state index in [-0.39, 0.29) is 0 Å². The van der Waals surface area contributed by atoms with Crippen LogP contribution in [0.25, 0.3) is 0 Å². The lowest BCUT2D eigenvalue weighted by molar-refractivity contribution is 0.109. The van der Waals surface area contributed by atoms with Crippen molar-refractivity contribution in [1.82, 2.24) is 9.80 Å². The molecule has 0 aliphatic carbocycles. The van der Waals surface area contributed by atoms with Gasteiger partial charge in [0.2, 0.25) is 0 Å². The van der Waals surface area contributed by atoms with E-state index in [1.165, 1.54) is 5.56 Å². The van der Waals surface area contributed by atoms with Crippen LogP contribution in [0.4, 0.5) is 0 Å². The monoisotopic (exact) mass is 215 g/mol. The molecule has 1 unspecified atom stereocenters. The minimum atomic E-state index is 0.452. The molecule has 1 aliphatic rings. The van der Waals surface area contributed by atoms with Gasteiger partial charge in [-0.3, -0.25) is 4.90 Å². The van der Waals surface area contributed by atoms with Crippen molar-refractivity contribution < 1.29 is 0 Å². The molecule has 0 aromatic heterocycles. The Hall–Kier alpha value is -1.53. The third-order valence-electron chi connectivity index (χ3n) is 3.13. The van der Waals surface area contributed by atoms with Crippen LogP contribution >= 0.6 is 0 Å². The van der Waals surface area contributed by atoms with E-state index in [0.29, 0.717) is 6.04 Å². The topological polar surface area (TPSA) is 30.3 Å². The standard InChI is InChI=1S/C13H17N3/c1-12-9-15(11-14)7-8-16(12)10-13-5-3-2-4-6-13/h2-6,12H,7-10H2,1H3. The SMILES string of the molecule is CC1CN(C#N)CCN1Cc1ccccc1. The first-order valence-electron chi connectivity index (χ1n) is 5.72. The van der Waals surface area contributed by atoms with Crippen LogP contribution in [-0.4, -0.2) is 35.5 Å². The largest absolute Gasteiger partial charge is 0.308 e. The lowest BCUT2D eigenvalue weighted by atomic mass is 10.1. The Morgan fingerprint density at radius 2 is 2.06 bits per heavy atom. The molecule has 1 aromatic rings. The summed E-state index contributed by atoms with van der Waals surface area (Å²) in [5.41, 5.74) is 1.35. The summed E-state index contributed by atoms with van der Waals surface area (Å²) >= 11 is 0. The first-order chi connectivity index (χ1) is 7.79. The Bertz CT molecular complexity index is 369. The molecule has 1 fully saturated rings. The first kappa shape index (κ1) is 11.0. The smallest absolute Gasteiger partial charge is 0.179 e. The lowest BCUT2D eigenvalue weighted by Crippen LogP contribution is -2.49. The molecule has 0 bridgehead atoms. The minimum Gasteiger partial charge on any atom is -0.308 e. The van der Waals surface area contributed by atoms with E-state index < -0.39 is 0 Å². The fourth-order valence-corrected chi connectivity index (χ4v) is 2.14. The summed E-state index contributed by atoms with van der Waals surface area (Å²) in [6.07, 6.45) is 2.23. The van der Waals surface area contributed by atoms with Crippen LogP contribution in [0, 0.1) is 11.5 Å². The van der Waals surface area contributed by atoms with Crippen LogP contribution in [0.2, 0.25) is 0 Å². The number of rotatable bonds is 2. The highest BCUT2D eigenvalue weighted by molar-refractivity contribution is 5.14. The number of nitrogens with zero attached hydrogens (tertiary/aromatic N) is 3. The van der Waals surface area contributed by atoms with Crippen LogP contribution in [-0.2, 0) is 6.54 Å². The Morgan fingerprint density at radius 3 is 2.69 bits per heavy atom. The molecule has 3 heteroatoms. The lowest BCUT2D eigenvalue weighted by Gasteiger charge is -2.37. The van der Waals surface area contributed by atoms with E-state index >= 15 is 0 Å². The molecular formula is C13H17N3. The third-order valence-corrected chi connectivity index (χ3v) is 3.13. The number of hydrogen-bond donors (Lipinski definition) is 0. The summed E-state index contributed by atoms with van der Waals surface area (Å²) in [6, 6.07) is 11.0. The summed E-state index contributed by atoms with van der Waals surface area (Å²) in [6.45, 7) is 5.86. The molecule has 2 rings (SSSR count). The van der Waals surface area contributed by atoms with Gasteiger partial charge in [0, 0.05) is 32.2 Å². The first-order valence-corrected chi connectivity index (χ1v) is 5.72. The molecule has 1 aliphatic heterocycles. The maximum Gasteiger partial charge on any atom is 0.179 e. The highest BCUT2D eigenvalue weighted by atomic mass is 15.3. The van der Waals surface area contributed by atoms with E-state index in [0.717, 1.165) is 26.2 Å². The fraction of sp³-hybridized carbons (Fsp3) is 0.462. The van der Waals surface area contributed by atoms with Crippen molar-refractivity contribution >= 4 is 0 Å². The predicted octanol–water partition coefficient (Wildman–Crippen LogP) is 1.67. The quantitative estimate of drug-likeness (QED) is 0.703. The second-order valence-electron chi connectivity index (χ2n) is 4.35. The fourth-order valence-electron chi connectivity index (χ4n) is 2.14. The number of nitriles is 1. The van der Waals surface area contributed by atoms with Gasteiger partial charge in [-0.15, -0.1) is 0 Å². The third kappa shape index (κ3) is 2.53. The molecule has 0 radical (unpaired) electrons. The second kappa shape index (κ2) is 5.00. The van der Waals surface area contributed by atoms with Gasteiger partial charge in [0.25, 0.3) is 0 Å². The molecule has 0 amide bonds. The van der Waals surface area contributed by atoms with E-state index in [4.69, 9.17) is 5.26 Å². The van der Waals surface area contributed by atoms with Crippen LogP contribution in [0.15, 0.2) is 30.3 Å². The van der Waals surface area contributed by atoms with E-state index in [1.54, 1.807) is 0 Å². The zero-order valence-corrected chi connectivity index (χ0v) is 9.63. The Morgan fingerprint density at radius 1 is 1.31 bits per heavy atom. The maximum absolute atomic E-state index is 8.84. The van der Waals surface area contributed by atoms with Crippen LogP contribution in [0.1, 0.15) is 12.5 Å². The van der Waals surface area contributed by atoms with Crippen molar-refractivity contribution in [2.45, 2.75) is 19.5 Å². The molecule has 0 saturated carbocycles. The summed E-state index contributed by atoms with van der Waals surface area (Å²) in [4.78, 5) is 4.27. The summed E-state index contributed by atoms with van der Waals surface area (Å²) in [5.74, 6) is 0. The number of hydrogen-bond acceptors (Lipinski definition) is 3. The number of piperazine rings is 1. The van der Waals surface area contributed by atoms with Crippen molar-refractivity contribution in [2.75, 3.05) is 19.6 Å². The maximum atomic E-state index is 8.84. The van der Waals surface area contributed by atoms with Crippen molar-refractivity contribution in [3.63, 3.8) is 0 Å². The van der Waals surface area contributed by atoms with Gasteiger partial charge >= 0.3 is 0 Å². The number of benzene rings is 1. The Kier molecular flexibility index (Phi) is 3.43. The Balaban J connectivity index is 1.95. The molecule has 0 spiro atoms. The average Bonchev–Trinajstić information content (AvgIpc) is 2.33. The average molecular weight is 215 g/mol. The molecule has 1 atom stereocenters. The predicted molar refractivity (Wildman–Crippen MR) is 63.5 cm³/mol. The molecule has 0 N–H and O–H groups in total. The molecule has 3 nitrogen and oxygen atoms in total. The van der Waals surface area contributed by atoms with Gasteiger partial charge in [-0.1, -0.05) is 30.3 Å². The molecule has 1 heterocycles. The van der Waals surface area contributed by atoms with Crippen LogP contribution in [0.3, 0.4) is 0 Å². The Labute approximate surface area is 96.9 Å². The zero-order chi connectivity index (χ0) is 11.4. The van der Waals surface area contributed by atoms with Gasteiger partial charge < -0.3 is 4.90 Å². The molecule has 16 heavy (non-hydrogen) atoms. The van der Waals surface area contributed by atoms with Gasteiger partial charge in [-0.25, -0.2) is 0 Å². The van der Waals surface area contributed by atoms with E-state index in [9.17, 15) is 0 Å². The van der Waals surface area contributed by atoms with E-state index in [1.807, 2.05) is 11.0 Å². The summed E-state index contributed by atoms with van der Waals surface area (Å²) in [7, 11) is 0. The van der Waals surface area contributed by atoms with Crippen molar-refractivity contribution in [2.24, 2.45) is 0 Å². The highest BCUT2D eigenvalue weighted by Crippen LogP contribution is 2.12. The van der Waals surface area contributed by atoms with Gasteiger partial charge in [0.1, 0.15) is 0 Å². The highest BCUT2D eigenvalue weighted by Gasteiger charge is 2.22.